The van der Waals surface area contributed by atoms with Gasteiger partial charge in [-0.1, -0.05) is 13.0 Å². The number of amides is 1. The van der Waals surface area contributed by atoms with Crippen LogP contribution in [0.2, 0.25) is 0 Å². The van der Waals surface area contributed by atoms with Gasteiger partial charge < -0.3 is 10.6 Å². The molecule has 0 unspecified atom stereocenters. The summed E-state index contributed by atoms with van der Waals surface area (Å²) in [6.07, 6.45) is -2.91. The van der Waals surface area contributed by atoms with Crippen LogP contribution in [0.15, 0.2) is 36.7 Å². The lowest BCUT2D eigenvalue weighted by molar-refractivity contribution is -0.127. The number of alkyl halides is 3. The molecule has 1 aromatic heterocycles. The minimum atomic E-state index is -4.31. The first-order valence-electron chi connectivity index (χ1n) is 7.97. The second-order valence-electron chi connectivity index (χ2n) is 6.27. The molecule has 2 aromatic rings. The first-order valence-corrected chi connectivity index (χ1v) is 7.97. The van der Waals surface area contributed by atoms with Crippen LogP contribution < -0.4 is 10.6 Å². The van der Waals surface area contributed by atoms with Crippen molar-refractivity contribution in [1.82, 2.24) is 10.3 Å². The summed E-state index contributed by atoms with van der Waals surface area (Å²) in [5.74, 6) is 0.0103. The molecule has 132 valence electrons. The molecule has 2 N–H and O–H groups in total. The second-order valence-corrected chi connectivity index (χ2v) is 6.27. The van der Waals surface area contributed by atoms with Gasteiger partial charge in [-0.05, 0) is 40.8 Å². The van der Waals surface area contributed by atoms with E-state index in [0.29, 0.717) is 18.0 Å². The molecular weight excluding hydrogens is 331 g/mol. The summed E-state index contributed by atoms with van der Waals surface area (Å²) in [6, 6.07) is 6.79. The number of anilines is 1. The lowest BCUT2D eigenvalue weighted by Gasteiger charge is -2.23. The third-order valence-electron chi connectivity index (χ3n) is 4.16. The third kappa shape index (κ3) is 4.36. The molecule has 4 nitrogen and oxygen atoms in total. The summed E-state index contributed by atoms with van der Waals surface area (Å²) in [6.45, 7) is 3.71. The molecule has 1 aliphatic heterocycles. The van der Waals surface area contributed by atoms with Gasteiger partial charge in [-0.25, -0.2) is 0 Å². The van der Waals surface area contributed by atoms with Gasteiger partial charge in [0.15, 0.2) is 0 Å². The monoisotopic (exact) mass is 349 g/mol. The van der Waals surface area contributed by atoms with Crippen LogP contribution in [0.4, 0.5) is 18.9 Å². The Morgan fingerprint density at radius 3 is 2.88 bits per heavy atom. The zero-order chi connectivity index (χ0) is 18.0. The molecule has 25 heavy (non-hydrogen) atoms. The Hall–Kier alpha value is -2.41. The number of halogens is 3. The van der Waals surface area contributed by atoms with Gasteiger partial charge in [0.1, 0.15) is 0 Å². The fourth-order valence-corrected chi connectivity index (χ4v) is 3.00. The maximum atomic E-state index is 12.5. The van der Waals surface area contributed by atoms with Gasteiger partial charge in [0.25, 0.3) is 5.91 Å². The van der Waals surface area contributed by atoms with E-state index in [9.17, 15) is 18.0 Å². The molecule has 0 bridgehead atoms. The fraction of sp³-hybridized carbons (Fsp3) is 0.333. The number of aromatic nitrogens is 1. The van der Waals surface area contributed by atoms with Gasteiger partial charge >= 0.3 is 6.18 Å². The van der Waals surface area contributed by atoms with E-state index >= 15 is 0 Å². The zero-order valence-corrected chi connectivity index (χ0v) is 13.7. The second kappa shape index (κ2) is 6.84. The lowest BCUT2D eigenvalue weighted by atomic mass is 9.91. The largest absolute Gasteiger partial charge is 0.393 e. The molecule has 0 fully saturated rings. The third-order valence-corrected chi connectivity index (χ3v) is 4.16. The normalized spacial score (nSPS) is 17.0. The number of carbonyl (C=O) groups is 1. The SMILES string of the molecule is C[C@H]1CNCc2cc(C(=O)Nc3cncc(CC(F)(F)F)c3)ccc21. The van der Waals surface area contributed by atoms with Crippen molar-refractivity contribution in [3.8, 4) is 0 Å². The van der Waals surface area contributed by atoms with E-state index < -0.39 is 12.6 Å². The minimum absolute atomic E-state index is 0.00812. The topological polar surface area (TPSA) is 54.0 Å². The van der Waals surface area contributed by atoms with Gasteiger partial charge in [0.05, 0.1) is 18.3 Å². The zero-order valence-electron chi connectivity index (χ0n) is 13.7. The Morgan fingerprint density at radius 1 is 1.32 bits per heavy atom. The highest BCUT2D eigenvalue weighted by molar-refractivity contribution is 6.04. The van der Waals surface area contributed by atoms with Crippen molar-refractivity contribution in [1.29, 1.82) is 0 Å². The first kappa shape index (κ1) is 17.4. The van der Waals surface area contributed by atoms with E-state index in [1.54, 1.807) is 6.07 Å². The smallest absolute Gasteiger partial charge is 0.321 e. The highest BCUT2D eigenvalue weighted by Gasteiger charge is 2.28. The molecule has 2 heterocycles. The van der Waals surface area contributed by atoms with E-state index in [0.717, 1.165) is 18.3 Å². The number of hydrogen-bond acceptors (Lipinski definition) is 3. The number of nitrogens with one attached hydrogen (secondary N) is 2. The van der Waals surface area contributed by atoms with Crippen LogP contribution in [0.3, 0.4) is 0 Å². The molecule has 1 amide bonds. The Balaban J connectivity index is 1.75. The van der Waals surface area contributed by atoms with E-state index in [4.69, 9.17) is 0 Å². The average Bonchev–Trinajstić information content (AvgIpc) is 2.53. The van der Waals surface area contributed by atoms with E-state index in [2.05, 4.69) is 22.5 Å². The highest BCUT2D eigenvalue weighted by Crippen LogP contribution is 2.25. The Labute approximate surface area is 143 Å². The van der Waals surface area contributed by atoms with Gasteiger partial charge in [0.2, 0.25) is 0 Å². The lowest BCUT2D eigenvalue weighted by Crippen LogP contribution is -2.27. The van der Waals surface area contributed by atoms with Crippen LogP contribution in [0.5, 0.6) is 0 Å². The van der Waals surface area contributed by atoms with E-state index in [1.165, 1.54) is 17.8 Å². The van der Waals surface area contributed by atoms with Gasteiger partial charge in [-0.15, -0.1) is 0 Å². The summed E-state index contributed by atoms with van der Waals surface area (Å²) in [5.41, 5.74) is 3.00. The molecule has 0 radical (unpaired) electrons. The number of hydrogen-bond donors (Lipinski definition) is 2. The molecule has 0 spiro atoms. The van der Waals surface area contributed by atoms with Crippen LogP contribution in [-0.2, 0) is 13.0 Å². The van der Waals surface area contributed by atoms with E-state index in [-0.39, 0.29) is 17.2 Å². The Morgan fingerprint density at radius 2 is 2.12 bits per heavy atom. The maximum absolute atomic E-state index is 12.5. The first-order chi connectivity index (χ1) is 11.8. The number of rotatable bonds is 3. The van der Waals surface area contributed by atoms with Crippen molar-refractivity contribution in [2.75, 3.05) is 11.9 Å². The van der Waals surface area contributed by atoms with Gasteiger partial charge in [-0.2, -0.15) is 13.2 Å². The molecule has 0 saturated heterocycles. The molecule has 3 rings (SSSR count). The Bertz CT molecular complexity index is 789. The maximum Gasteiger partial charge on any atom is 0.393 e. The summed E-state index contributed by atoms with van der Waals surface area (Å²) in [4.78, 5) is 16.2. The van der Waals surface area contributed by atoms with Crippen molar-refractivity contribution in [3.05, 3.63) is 58.9 Å². The number of nitrogens with zero attached hydrogens (tertiary/aromatic N) is 1. The fourth-order valence-electron chi connectivity index (χ4n) is 3.00. The summed E-state index contributed by atoms with van der Waals surface area (Å²) in [7, 11) is 0. The number of pyridine rings is 1. The van der Waals surface area contributed by atoms with Crippen molar-refractivity contribution in [2.45, 2.75) is 32.0 Å². The molecule has 7 heteroatoms. The molecule has 1 aromatic carbocycles. The van der Waals surface area contributed by atoms with Crippen LogP contribution in [-0.4, -0.2) is 23.6 Å². The van der Waals surface area contributed by atoms with Gasteiger partial charge in [0, 0.05) is 24.8 Å². The quantitative estimate of drug-likeness (QED) is 0.889. The average molecular weight is 349 g/mol. The standard InChI is InChI=1S/C18H18F3N3O/c1-11-7-22-9-14-5-13(2-3-16(11)14)17(25)24-15-4-12(8-23-10-15)6-18(19,20)21/h2-5,8,10-11,22H,6-7,9H2,1H3,(H,24,25)/t11-/m0/s1. The summed E-state index contributed by atoms with van der Waals surface area (Å²) < 4.78 is 37.4. The number of fused-ring (bicyclic) bond motifs is 1. The van der Waals surface area contributed by atoms with Crippen molar-refractivity contribution in [3.63, 3.8) is 0 Å². The van der Waals surface area contributed by atoms with Crippen molar-refractivity contribution in [2.24, 2.45) is 0 Å². The predicted octanol–water partition coefficient (Wildman–Crippen LogP) is 3.65. The number of benzene rings is 1. The van der Waals surface area contributed by atoms with Crippen LogP contribution in [0.1, 0.15) is 39.9 Å². The van der Waals surface area contributed by atoms with Crippen LogP contribution in [0, 0.1) is 0 Å². The summed E-state index contributed by atoms with van der Waals surface area (Å²) >= 11 is 0. The van der Waals surface area contributed by atoms with Gasteiger partial charge in [-0.3, -0.25) is 9.78 Å². The summed E-state index contributed by atoms with van der Waals surface area (Å²) in [5, 5.41) is 5.90. The number of carbonyl (C=O) groups excluding carboxylic acids is 1. The Kier molecular flexibility index (Phi) is 4.76. The van der Waals surface area contributed by atoms with Crippen LogP contribution >= 0.6 is 0 Å². The highest BCUT2D eigenvalue weighted by atomic mass is 19.4. The predicted molar refractivity (Wildman–Crippen MR) is 88.5 cm³/mol. The molecule has 1 aliphatic rings. The van der Waals surface area contributed by atoms with Crippen molar-refractivity contribution < 1.29 is 18.0 Å². The van der Waals surface area contributed by atoms with Crippen LogP contribution in [0.25, 0.3) is 0 Å². The molecular formula is C18H18F3N3O. The van der Waals surface area contributed by atoms with Crippen molar-refractivity contribution >= 4 is 11.6 Å². The minimum Gasteiger partial charge on any atom is -0.321 e. The molecule has 1 atom stereocenters. The molecule has 0 aliphatic carbocycles. The molecule has 0 saturated carbocycles. The van der Waals surface area contributed by atoms with E-state index in [1.807, 2.05) is 12.1 Å².